The minimum Gasteiger partial charge on any atom is -0.352 e. The fraction of sp³-hybridized carbons (Fsp3) is 0.167. The first-order chi connectivity index (χ1) is 14.2. The van der Waals surface area contributed by atoms with Crippen molar-refractivity contribution in [3.63, 3.8) is 0 Å². The van der Waals surface area contributed by atoms with Crippen molar-refractivity contribution in [1.29, 1.82) is 0 Å². The van der Waals surface area contributed by atoms with Crippen molar-refractivity contribution in [2.75, 3.05) is 6.54 Å². The molecule has 0 bridgehead atoms. The number of nitrogens with one attached hydrogen (secondary N) is 1. The Morgan fingerprint density at radius 3 is 2.55 bits per heavy atom. The van der Waals surface area contributed by atoms with Crippen LogP contribution in [0.25, 0.3) is 10.9 Å². The van der Waals surface area contributed by atoms with E-state index < -0.39 is 0 Å². The maximum atomic E-state index is 12.8. The minimum absolute atomic E-state index is 0.0534. The fourth-order valence-corrected chi connectivity index (χ4v) is 3.58. The number of halogens is 1. The summed E-state index contributed by atoms with van der Waals surface area (Å²) in [7, 11) is 0. The molecule has 0 unspecified atom stereocenters. The summed E-state index contributed by atoms with van der Waals surface area (Å²) in [5, 5.41) is 4.74. The Kier molecular flexibility index (Phi) is 5.92. The van der Waals surface area contributed by atoms with Crippen LogP contribution in [-0.4, -0.2) is 22.0 Å². The molecule has 5 heteroatoms. The van der Waals surface area contributed by atoms with Crippen LogP contribution in [0.5, 0.6) is 0 Å². The van der Waals surface area contributed by atoms with E-state index in [0.29, 0.717) is 18.5 Å². The summed E-state index contributed by atoms with van der Waals surface area (Å²) in [5.41, 5.74) is 3.96. The lowest BCUT2D eigenvalue weighted by Gasteiger charge is -2.06. The molecule has 1 amide bonds. The molecule has 0 aliphatic heterocycles. The number of benzene rings is 2. The van der Waals surface area contributed by atoms with E-state index in [1.165, 1.54) is 5.56 Å². The largest absolute Gasteiger partial charge is 0.352 e. The van der Waals surface area contributed by atoms with E-state index in [4.69, 9.17) is 11.6 Å². The minimum atomic E-state index is -0.0534. The predicted molar refractivity (Wildman–Crippen MR) is 117 cm³/mol. The molecule has 0 aliphatic rings. The van der Waals surface area contributed by atoms with Gasteiger partial charge in [-0.25, -0.2) is 0 Å². The normalized spacial score (nSPS) is 10.9. The number of hydrogen-bond donors (Lipinski definition) is 1. The van der Waals surface area contributed by atoms with Crippen molar-refractivity contribution in [1.82, 2.24) is 14.9 Å². The molecular formula is C24H22ClN3O. The van der Waals surface area contributed by atoms with Crippen molar-refractivity contribution >= 4 is 28.4 Å². The Labute approximate surface area is 175 Å². The second-order valence-corrected chi connectivity index (χ2v) is 7.39. The predicted octanol–water partition coefficient (Wildman–Crippen LogP) is 4.90. The summed E-state index contributed by atoms with van der Waals surface area (Å²) in [5.74, 6) is -0.0534. The molecule has 146 valence electrons. The van der Waals surface area contributed by atoms with Crippen molar-refractivity contribution in [2.45, 2.75) is 19.4 Å². The smallest absolute Gasteiger partial charge is 0.253 e. The van der Waals surface area contributed by atoms with Gasteiger partial charge in [-0.05, 0) is 42.3 Å². The molecule has 0 fully saturated rings. The van der Waals surface area contributed by atoms with E-state index in [9.17, 15) is 4.79 Å². The van der Waals surface area contributed by atoms with Gasteiger partial charge in [0.1, 0.15) is 0 Å². The van der Waals surface area contributed by atoms with Crippen LogP contribution in [0.4, 0.5) is 0 Å². The van der Waals surface area contributed by atoms with Crippen molar-refractivity contribution < 1.29 is 4.79 Å². The van der Waals surface area contributed by atoms with Crippen LogP contribution in [0.2, 0.25) is 5.02 Å². The Bertz CT molecular complexity index is 1100. The quantitative estimate of drug-likeness (QED) is 0.476. The standard InChI is InChI=1S/C24H22ClN3O/c25-19-10-8-18(9-11-19)13-16-28-17-22(21-6-1-2-7-23(21)28)24(29)27-15-12-20-5-3-4-14-26-20/h1-11,14,17H,12-13,15-16H2,(H,27,29). The summed E-state index contributed by atoms with van der Waals surface area (Å²) >= 11 is 5.97. The van der Waals surface area contributed by atoms with Crippen LogP contribution in [0.1, 0.15) is 21.6 Å². The average molecular weight is 404 g/mol. The van der Waals surface area contributed by atoms with E-state index in [2.05, 4.69) is 20.9 Å². The van der Waals surface area contributed by atoms with E-state index in [0.717, 1.165) is 34.6 Å². The van der Waals surface area contributed by atoms with Crippen molar-refractivity contribution in [3.8, 4) is 0 Å². The molecule has 0 radical (unpaired) electrons. The molecule has 4 aromatic rings. The van der Waals surface area contributed by atoms with Gasteiger partial charge in [-0.3, -0.25) is 9.78 Å². The van der Waals surface area contributed by atoms with Gasteiger partial charge < -0.3 is 9.88 Å². The van der Waals surface area contributed by atoms with Crippen LogP contribution in [0, 0.1) is 0 Å². The zero-order valence-corrected chi connectivity index (χ0v) is 16.8. The molecule has 0 saturated heterocycles. The SMILES string of the molecule is O=C(NCCc1ccccn1)c1cn(CCc2ccc(Cl)cc2)c2ccccc12. The van der Waals surface area contributed by atoms with Crippen LogP contribution >= 0.6 is 11.6 Å². The number of hydrogen-bond acceptors (Lipinski definition) is 2. The van der Waals surface area contributed by atoms with Crippen LogP contribution in [0.3, 0.4) is 0 Å². The maximum Gasteiger partial charge on any atom is 0.253 e. The first-order valence-corrected chi connectivity index (χ1v) is 10.1. The third kappa shape index (κ3) is 4.66. The van der Waals surface area contributed by atoms with E-state index in [1.54, 1.807) is 6.20 Å². The summed E-state index contributed by atoms with van der Waals surface area (Å²) in [6.45, 7) is 1.35. The van der Waals surface area contributed by atoms with Gasteiger partial charge in [0.05, 0.1) is 5.56 Å². The third-order valence-electron chi connectivity index (χ3n) is 4.98. The zero-order chi connectivity index (χ0) is 20.1. The highest BCUT2D eigenvalue weighted by molar-refractivity contribution is 6.30. The van der Waals surface area contributed by atoms with Gasteiger partial charge in [0, 0.05) is 53.5 Å². The number of fused-ring (bicyclic) bond motifs is 1. The molecule has 1 N–H and O–H groups in total. The summed E-state index contributed by atoms with van der Waals surface area (Å²) < 4.78 is 2.15. The number of amides is 1. The Morgan fingerprint density at radius 1 is 0.966 bits per heavy atom. The number of carbonyl (C=O) groups excluding carboxylic acids is 1. The van der Waals surface area contributed by atoms with Gasteiger partial charge in [0.25, 0.3) is 5.91 Å². The number of pyridine rings is 1. The Hall–Kier alpha value is -3.11. The van der Waals surface area contributed by atoms with Gasteiger partial charge in [0.15, 0.2) is 0 Å². The highest BCUT2D eigenvalue weighted by atomic mass is 35.5. The first-order valence-electron chi connectivity index (χ1n) is 9.71. The summed E-state index contributed by atoms with van der Waals surface area (Å²) in [6, 6.07) is 21.7. The highest BCUT2D eigenvalue weighted by Crippen LogP contribution is 2.22. The summed E-state index contributed by atoms with van der Waals surface area (Å²) in [4.78, 5) is 17.1. The number of aromatic nitrogens is 2. The molecule has 4 rings (SSSR count). The summed E-state index contributed by atoms with van der Waals surface area (Å²) in [6.07, 6.45) is 5.31. The number of nitrogens with zero attached hydrogens (tertiary/aromatic N) is 2. The molecule has 29 heavy (non-hydrogen) atoms. The van der Waals surface area contributed by atoms with Crippen molar-refractivity contribution in [3.05, 3.63) is 101 Å². The second-order valence-electron chi connectivity index (χ2n) is 6.96. The number of carbonyl (C=O) groups is 1. The second kappa shape index (κ2) is 8.93. The van der Waals surface area contributed by atoms with Gasteiger partial charge in [-0.2, -0.15) is 0 Å². The van der Waals surface area contributed by atoms with E-state index >= 15 is 0 Å². The highest BCUT2D eigenvalue weighted by Gasteiger charge is 2.14. The molecule has 0 aliphatic carbocycles. The lowest BCUT2D eigenvalue weighted by atomic mass is 10.1. The van der Waals surface area contributed by atoms with Crippen LogP contribution in [0.15, 0.2) is 79.1 Å². The Balaban J connectivity index is 1.47. The molecule has 0 spiro atoms. The molecular weight excluding hydrogens is 382 g/mol. The third-order valence-corrected chi connectivity index (χ3v) is 5.23. The van der Waals surface area contributed by atoms with E-state index in [1.807, 2.05) is 66.9 Å². The van der Waals surface area contributed by atoms with Crippen LogP contribution < -0.4 is 5.32 Å². The van der Waals surface area contributed by atoms with Crippen LogP contribution in [-0.2, 0) is 19.4 Å². The van der Waals surface area contributed by atoms with Gasteiger partial charge in [0.2, 0.25) is 0 Å². The first kappa shape index (κ1) is 19.2. The van der Waals surface area contributed by atoms with Crippen molar-refractivity contribution in [2.24, 2.45) is 0 Å². The van der Waals surface area contributed by atoms with E-state index in [-0.39, 0.29) is 5.91 Å². The Morgan fingerprint density at radius 2 is 1.76 bits per heavy atom. The molecule has 4 nitrogen and oxygen atoms in total. The molecule has 2 aromatic carbocycles. The topological polar surface area (TPSA) is 46.9 Å². The molecule has 2 heterocycles. The zero-order valence-electron chi connectivity index (χ0n) is 16.0. The lowest BCUT2D eigenvalue weighted by molar-refractivity contribution is 0.0955. The maximum absolute atomic E-state index is 12.8. The molecule has 0 atom stereocenters. The fourth-order valence-electron chi connectivity index (χ4n) is 3.46. The number of para-hydroxylation sites is 1. The average Bonchev–Trinajstić information content (AvgIpc) is 3.13. The molecule has 0 saturated carbocycles. The lowest BCUT2D eigenvalue weighted by Crippen LogP contribution is -2.25. The van der Waals surface area contributed by atoms with Gasteiger partial charge >= 0.3 is 0 Å². The monoisotopic (exact) mass is 403 g/mol. The molecule has 2 aromatic heterocycles. The number of rotatable bonds is 7. The van der Waals surface area contributed by atoms with Gasteiger partial charge in [-0.1, -0.05) is 48.0 Å². The van der Waals surface area contributed by atoms with Gasteiger partial charge in [-0.15, -0.1) is 0 Å². The number of aryl methyl sites for hydroxylation is 2.